The van der Waals surface area contributed by atoms with E-state index in [1.807, 2.05) is 23.1 Å². The first kappa shape index (κ1) is 17.8. The van der Waals surface area contributed by atoms with Gasteiger partial charge >= 0.3 is 0 Å². The number of rotatable bonds is 4. The first-order chi connectivity index (χ1) is 13.1. The molecular weight excluding hydrogens is 364 g/mol. The van der Waals surface area contributed by atoms with Crippen LogP contribution in [0.4, 0.5) is 11.5 Å². The van der Waals surface area contributed by atoms with Gasteiger partial charge in [0.15, 0.2) is 0 Å². The second-order valence-corrected chi connectivity index (χ2v) is 7.45. The Morgan fingerprint density at radius 1 is 1.00 bits per heavy atom. The fourth-order valence-electron chi connectivity index (χ4n) is 3.43. The van der Waals surface area contributed by atoms with E-state index in [1.54, 1.807) is 30.5 Å². The van der Waals surface area contributed by atoms with Gasteiger partial charge in [0.1, 0.15) is 11.2 Å². The van der Waals surface area contributed by atoms with Crippen LogP contribution in [-0.2, 0) is 9.59 Å². The SMILES string of the molecule is O=C(Nc1ccc(Cl)cc1)C1(C(=O)N2CCN(c3ccccn3)CC2)CC1. The Bertz CT molecular complexity index is 829. The molecule has 2 heterocycles. The van der Waals surface area contributed by atoms with Gasteiger partial charge in [0, 0.05) is 43.1 Å². The molecular formula is C20H21ClN4O2. The third-order valence-electron chi connectivity index (χ3n) is 5.24. The molecule has 1 aliphatic carbocycles. The number of hydrogen-bond acceptors (Lipinski definition) is 4. The number of piperazine rings is 1. The fraction of sp³-hybridized carbons (Fsp3) is 0.350. The van der Waals surface area contributed by atoms with E-state index in [4.69, 9.17) is 11.6 Å². The highest BCUT2D eigenvalue weighted by Gasteiger charge is 2.58. The molecule has 27 heavy (non-hydrogen) atoms. The molecule has 0 spiro atoms. The van der Waals surface area contributed by atoms with Crippen LogP contribution in [0.15, 0.2) is 48.7 Å². The lowest BCUT2D eigenvalue weighted by Crippen LogP contribution is -2.52. The van der Waals surface area contributed by atoms with Crippen molar-refractivity contribution in [3.63, 3.8) is 0 Å². The van der Waals surface area contributed by atoms with Crippen molar-refractivity contribution in [1.82, 2.24) is 9.88 Å². The molecule has 2 aliphatic rings. The Morgan fingerprint density at radius 3 is 2.30 bits per heavy atom. The van der Waals surface area contributed by atoms with Crippen molar-refractivity contribution in [2.24, 2.45) is 5.41 Å². The van der Waals surface area contributed by atoms with Gasteiger partial charge in [-0.15, -0.1) is 0 Å². The number of benzene rings is 1. The second-order valence-electron chi connectivity index (χ2n) is 7.01. The van der Waals surface area contributed by atoms with Gasteiger partial charge in [-0.3, -0.25) is 9.59 Å². The first-order valence-corrected chi connectivity index (χ1v) is 9.49. The monoisotopic (exact) mass is 384 g/mol. The minimum atomic E-state index is -0.910. The summed E-state index contributed by atoms with van der Waals surface area (Å²) in [6.45, 7) is 2.64. The summed E-state index contributed by atoms with van der Waals surface area (Å²) >= 11 is 5.88. The number of halogens is 1. The first-order valence-electron chi connectivity index (χ1n) is 9.11. The number of anilines is 2. The molecule has 4 rings (SSSR count). The molecule has 140 valence electrons. The fourth-order valence-corrected chi connectivity index (χ4v) is 3.56. The third kappa shape index (κ3) is 3.62. The molecule has 6 nitrogen and oxygen atoms in total. The van der Waals surface area contributed by atoms with E-state index in [2.05, 4.69) is 15.2 Å². The lowest BCUT2D eigenvalue weighted by atomic mass is 10.0. The number of hydrogen-bond donors (Lipinski definition) is 1. The summed E-state index contributed by atoms with van der Waals surface area (Å²) in [5.74, 6) is 0.642. The summed E-state index contributed by atoms with van der Waals surface area (Å²) < 4.78 is 0. The highest BCUT2D eigenvalue weighted by Crippen LogP contribution is 2.48. The number of amides is 2. The van der Waals surface area contributed by atoms with Crippen molar-refractivity contribution in [2.75, 3.05) is 36.4 Å². The molecule has 1 saturated heterocycles. The molecule has 7 heteroatoms. The minimum absolute atomic E-state index is 0.0605. The molecule has 1 aliphatic heterocycles. The van der Waals surface area contributed by atoms with Crippen LogP contribution in [0.3, 0.4) is 0 Å². The number of carbonyl (C=O) groups excluding carboxylic acids is 2. The normalized spacial score (nSPS) is 18.1. The van der Waals surface area contributed by atoms with E-state index in [-0.39, 0.29) is 11.8 Å². The zero-order chi connectivity index (χ0) is 18.9. The van der Waals surface area contributed by atoms with E-state index in [0.29, 0.717) is 36.6 Å². The molecule has 0 unspecified atom stereocenters. The van der Waals surface area contributed by atoms with Crippen molar-refractivity contribution < 1.29 is 9.59 Å². The van der Waals surface area contributed by atoms with Gasteiger partial charge in [0.2, 0.25) is 11.8 Å². The predicted octanol–water partition coefficient (Wildman–Crippen LogP) is 2.80. The van der Waals surface area contributed by atoms with Crippen LogP contribution in [-0.4, -0.2) is 47.9 Å². The standard InChI is InChI=1S/C20H21ClN4O2/c21-15-4-6-16(7-5-15)23-18(26)20(8-9-20)19(27)25-13-11-24(12-14-25)17-3-1-2-10-22-17/h1-7,10H,8-9,11-14H2,(H,23,26). The Labute approximate surface area is 163 Å². The molecule has 1 N–H and O–H groups in total. The van der Waals surface area contributed by atoms with Crippen molar-refractivity contribution in [2.45, 2.75) is 12.8 Å². The number of carbonyl (C=O) groups is 2. The van der Waals surface area contributed by atoms with Crippen molar-refractivity contribution in [3.8, 4) is 0 Å². The highest BCUT2D eigenvalue weighted by atomic mass is 35.5. The van der Waals surface area contributed by atoms with Crippen LogP contribution >= 0.6 is 11.6 Å². The Balaban J connectivity index is 1.38. The quantitative estimate of drug-likeness (QED) is 0.823. The summed E-state index contributed by atoms with van der Waals surface area (Å²) in [4.78, 5) is 34.1. The predicted molar refractivity (Wildman–Crippen MR) is 105 cm³/mol. The molecule has 0 atom stereocenters. The molecule has 2 aromatic rings. The van der Waals surface area contributed by atoms with E-state index in [0.717, 1.165) is 18.9 Å². The van der Waals surface area contributed by atoms with E-state index in [9.17, 15) is 9.59 Å². The smallest absolute Gasteiger partial charge is 0.240 e. The Morgan fingerprint density at radius 2 is 1.70 bits per heavy atom. The Hall–Kier alpha value is -2.60. The largest absolute Gasteiger partial charge is 0.353 e. The van der Waals surface area contributed by atoms with Crippen molar-refractivity contribution in [1.29, 1.82) is 0 Å². The molecule has 0 bridgehead atoms. The van der Waals surface area contributed by atoms with Gasteiger partial charge in [-0.25, -0.2) is 4.98 Å². The van der Waals surface area contributed by atoms with E-state index < -0.39 is 5.41 Å². The summed E-state index contributed by atoms with van der Waals surface area (Å²) in [7, 11) is 0. The van der Waals surface area contributed by atoms with Gasteiger partial charge in [-0.05, 0) is 49.2 Å². The van der Waals surface area contributed by atoms with Gasteiger partial charge in [0.25, 0.3) is 0 Å². The zero-order valence-corrected chi connectivity index (χ0v) is 15.7. The Kier molecular flexibility index (Phi) is 4.74. The second kappa shape index (κ2) is 7.19. The summed E-state index contributed by atoms with van der Waals surface area (Å²) in [6.07, 6.45) is 2.98. The minimum Gasteiger partial charge on any atom is -0.353 e. The van der Waals surface area contributed by atoms with Gasteiger partial charge < -0.3 is 15.1 Å². The number of aromatic nitrogens is 1. The number of nitrogens with zero attached hydrogens (tertiary/aromatic N) is 3. The number of nitrogens with one attached hydrogen (secondary N) is 1. The van der Waals surface area contributed by atoms with Crippen LogP contribution in [0.2, 0.25) is 5.02 Å². The van der Waals surface area contributed by atoms with Crippen LogP contribution in [0.1, 0.15) is 12.8 Å². The zero-order valence-electron chi connectivity index (χ0n) is 14.9. The molecule has 1 aromatic heterocycles. The lowest BCUT2D eigenvalue weighted by molar-refractivity contribution is -0.142. The van der Waals surface area contributed by atoms with Crippen molar-refractivity contribution in [3.05, 3.63) is 53.7 Å². The number of pyridine rings is 1. The topological polar surface area (TPSA) is 65.5 Å². The molecule has 0 radical (unpaired) electrons. The molecule has 1 aromatic carbocycles. The maximum atomic E-state index is 13.0. The van der Waals surface area contributed by atoms with Crippen LogP contribution < -0.4 is 10.2 Å². The van der Waals surface area contributed by atoms with Crippen LogP contribution in [0.5, 0.6) is 0 Å². The van der Waals surface area contributed by atoms with E-state index >= 15 is 0 Å². The van der Waals surface area contributed by atoms with Gasteiger partial charge in [-0.2, -0.15) is 0 Å². The lowest BCUT2D eigenvalue weighted by Gasteiger charge is -2.36. The summed E-state index contributed by atoms with van der Waals surface area (Å²) in [5.41, 5.74) is -0.254. The average molecular weight is 385 g/mol. The van der Waals surface area contributed by atoms with E-state index in [1.165, 1.54) is 0 Å². The van der Waals surface area contributed by atoms with Crippen molar-refractivity contribution >= 4 is 34.9 Å². The maximum absolute atomic E-state index is 13.0. The molecule has 1 saturated carbocycles. The summed E-state index contributed by atoms with van der Waals surface area (Å²) in [6, 6.07) is 12.7. The summed E-state index contributed by atoms with van der Waals surface area (Å²) in [5, 5.41) is 3.47. The average Bonchev–Trinajstić information content (AvgIpc) is 3.52. The maximum Gasteiger partial charge on any atom is 0.240 e. The molecule has 2 fully saturated rings. The third-order valence-corrected chi connectivity index (χ3v) is 5.49. The van der Waals surface area contributed by atoms with Crippen LogP contribution in [0, 0.1) is 5.41 Å². The van der Waals surface area contributed by atoms with Gasteiger partial charge in [-0.1, -0.05) is 17.7 Å². The van der Waals surface area contributed by atoms with Crippen LogP contribution in [0.25, 0.3) is 0 Å². The highest BCUT2D eigenvalue weighted by molar-refractivity contribution is 6.30. The molecule has 2 amide bonds. The van der Waals surface area contributed by atoms with Gasteiger partial charge in [0.05, 0.1) is 0 Å².